The fourth-order valence-electron chi connectivity index (χ4n) is 3.39. The van der Waals surface area contributed by atoms with E-state index in [-0.39, 0.29) is 11.9 Å². The maximum absolute atomic E-state index is 13.5. The Bertz CT molecular complexity index is 454. The molecule has 0 spiro atoms. The Morgan fingerprint density at radius 1 is 1.30 bits per heavy atom. The van der Waals surface area contributed by atoms with E-state index in [2.05, 4.69) is 24.2 Å². The van der Waals surface area contributed by atoms with E-state index in [4.69, 9.17) is 5.21 Å². The second-order valence-corrected chi connectivity index (χ2v) is 5.90. The lowest BCUT2D eigenvalue weighted by molar-refractivity contribution is 0.162. The number of hydrogen-bond donors (Lipinski definition) is 1. The van der Waals surface area contributed by atoms with Crippen LogP contribution in [0.4, 0.5) is 4.39 Å². The van der Waals surface area contributed by atoms with Crippen LogP contribution in [0.3, 0.4) is 0 Å². The highest BCUT2D eigenvalue weighted by Crippen LogP contribution is 2.38. The molecule has 1 aliphatic carbocycles. The molecular weight excluding hydrogens is 255 g/mol. The minimum absolute atomic E-state index is 0.171. The van der Waals surface area contributed by atoms with Gasteiger partial charge in [-0.1, -0.05) is 12.1 Å². The lowest BCUT2D eigenvalue weighted by Crippen LogP contribution is -2.30. The third-order valence-corrected chi connectivity index (χ3v) is 4.29. The third kappa shape index (κ3) is 3.57. The van der Waals surface area contributed by atoms with Gasteiger partial charge in [0.1, 0.15) is 5.82 Å². The van der Waals surface area contributed by atoms with Gasteiger partial charge in [-0.2, -0.15) is 0 Å². The highest BCUT2D eigenvalue weighted by Gasteiger charge is 2.29. The number of oxime groups is 1. The van der Waals surface area contributed by atoms with Crippen LogP contribution in [0.5, 0.6) is 0 Å². The summed E-state index contributed by atoms with van der Waals surface area (Å²) >= 11 is 0. The highest BCUT2D eigenvalue weighted by molar-refractivity contribution is 5.59. The molecule has 110 valence electrons. The van der Waals surface area contributed by atoms with Crippen LogP contribution >= 0.6 is 0 Å². The molecule has 1 atom stereocenters. The molecule has 3 nitrogen and oxygen atoms in total. The summed E-state index contributed by atoms with van der Waals surface area (Å²) in [5.74, 6) is 0.733. The molecule has 0 amide bonds. The van der Waals surface area contributed by atoms with Gasteiger partial charge in [0.05, 0.1) is 0 Å². The number of nitrogens with zero attached hydrogens (tertiary/aromatic N) is 2. The molecule has 1 aromatic carbocycles. The van der Waals surface area contributed by atoms with Crippen molar-refractivity contribution < 1.29 is 9.60 Å². The first-order valence-corrected chi connectivity index (χ1v) is 7.21. The molecule has 1 N–H and O–H groups in total. The number of halogens is 1. The first-order valence-electron chi connectivity index (χ1n) is 7.21. The third-order valence-electron chi connectivity index (χ3n) is 4.29. The van der Waals surface area contributed by atoms with E-state index in [1.807, 2.05) is 6.07 Å². The van der Waals surface area contributed by atoms with Crippen molar-refractivity contribution in [1.82, 2.24) is 4.90 Å². The minimum atomic E-state index is -0.171. The van der Waals surface area contributed by atoms with Crippen molar-refractivity contribution in [3.8, 4) is 0 Å². The van der Waals surface area contributed by atoms with Crippen molar-refractivity contribution in [2.75, 3.05) is 14.1 Å². The molecule has 0 bridgehead atoms. The lowest BCUT2D eigenvalue weighted by Gasteiger charge is -2.36. The second-order valence-electron chi connectivity index (χ2n) is 5.90. The molecule has 20 heavy (non-hydrogen) atoms. The van der Waals surface area contributed by atoms with Crippen LogP contribution in [-0.2, 0) is 0 Å². The molecule has 1 aliphatic rings. The van der Waals surface area contributed by atoms with Gasteiger partial charge in [-0.3, -0.25) is 0 Å². The lowest BCUT2D eigenvalue weighted by atomic mass is 9.76. The van der Waals surface area contributed by atoms with Crippen LogP contribution in [0.2, 0.25) is 0 Å². The topological polar surface area (TPSA) is 35.8 Å². The van der Waals surface area contributed by atoms with Crippen LogP contribution in [0.25, 0.3) is 0 Å². The Balaban J connectivity index is 2.11. The Morgan fingerprint density at radius 2 is 2.00 bits per heavy atom. The van der Waals surface area contributed by atoms with E-state index < -0.39 is 0 Å². The van der Waals surface area contributed by atoms with E-state index in [1.54, 1.807) is 18.3 Å². The predicted molar refractivity (Wildman–Crippen MR) is 78.6 cm³/mol. The smallest absolute Gasteiger partial charge is 0.123 e. The molecule has 2 rings (SSSR count). The Kier molecular flexibility index (Phi) is 5.12. The van der Waals surface area contributed by atoms with Gasteiger partial charge in [-0.25, -0.2) is 4.39 Å². The summed E-state index contributed by atoms with van der Waals surface area (Å²) < 4.78 is 13.5. The average Bonchev–Trinajstić information content (AvgIpc) is 2.41. The molecule has 0 saturated heterocycles. The van der Waals surface area contributed by atoms with Crippen molar-refractivity contribution in [2.45, 2.75) is 31.7 Å². The van der Waals surface area contributed by atoms with Crippen LogP contribution in [-0.4, -0.2) is 30.4 Å². The quantitative estimate of drug-likeness (QED) is 0.518. The molecule has 4 heteroatoms. The Morgan fingerprint density at radius 3 is 2.55 bits per heavy atom. The molecule has 1 unspecified atom stereocenters. The monoisotopic (exact) mass is 278 g/mol. The van der Waals surface area contributed by atoms with Gasteiger partial charge < -0.3 is 10.1 Å². The fraction of sp³-hybridized carbons (Fsp3) is 0.562. The first kappa shape index (κ1) is 15.0. The summed E-state index contributed by atoms with van der Waals surface area (Å²) in [6.45, 7) is 0. The predicted octanol–water partition coefficient (Wildman–Crippen LogP) is 3.69. The van der Waals surface area contributed by atoms with Crippen molar-refractivity contribution in [3.63, 3.8) is 0 Å². The number of hydrogen-bond acceptors (Lipinski definition) is 3. The average molecular weight is 278 g/mol. The Hall–Kier alpha value is -1.42. The normalized spacial score (nSPS) is 25.2. The van der Waals surface area contributed by atoms with Crippen molar-refractivity contribution >= 4 is 6.21 Å². The van der Waals surface area contributed by atoms with Crippen LogP contribution in [0, 0.1) is 17.7 Å². The molecular formula is C16H23FN2O. The number of benzene rings is 1. The molecule has 0 heterocycles. The van der Waals surface area contributed by atoms with Gasteiger partial charge in [0.25, 0.3) is 0 Å². The Labute approximate surface area is 120 Å². The first-order chi connectivity index (χ1) is 9.61. The van der Waals surface area contributed by atoms with Crippen molar-refractivity contribution in [1.29, 1.82) is 0 Å². The minimum Gasteiger partial charge on any atom is -0.411 e. The second kappa shape index (κ2) is 6.84. The SMILES string of the molecule is CN(C)C(c1cccc(F)c1)C1CCC(C=NO)CC1. The van der Waals surface area contributed by atoms with Crippen molar-refractivity contribution in [3.05, 3.63) is 35.6 Å². The number of rotatable bonds is 4. The van der Waals surface area contributed by atoms with Gasteiger partial charge >= 0.3 is 0 Å². The summed E-state index contributed by atoms with van der Waals surface area (Å²) in [7, 11) is 4.10. The van der Waals surface area contributed by atoms with E-state index in [1.165, 1.54) is 6.07 Å². The molecule has 1 saturated carbocycles. The molecule has 1 fully saturated rings. The summed E-state index contributed by atoms with van der Waals surface area (Å²) in [4.78, 5) is 2.18. The van der Waals surface area contributed by atoms with Gasteiger partial charge in [-0.15, -0.1) is 5.16 Å². The van der Waals surface area contributed by atoms with Gasteiger partial charge in [0.2, 0.25) is 0 Å². The molecule has 1 aromatic rings. The van der Waals surface area contributed by atoms with Gasteiger partial charge in [-0.05, 0) is 69.3 Å². The highest BCUT2D eigenvalue weighted by atomic mass is 19.1. The van der Waals surface area contributed by atoms with Crippen LogP contribution < -0.4 is 0 Å². The standard InChI is InChI=1S/C16H23FN2O/c1-19(2)16(14-4-3-5-15(17)10-14)13-8-6-12(7-9-13)11-18-20/h3-5,10-13,16,20H,6-9H2,1-2H3. The van der Waals surface area contributed by atoms with Crippen LogP contribution in [0.15, 0.2) is 29.4 Å². The molecule has 0 aromatic heterocycles. The summed E-state index contributed by atoms with van der Waals surface area (Å²) in [5, 5.41) is 11.8. The zero-order valence-corrected chi connectivity index (χ0v) is 12.2. The van der Waals surface area contributed by atoms with Gasteiger partial charge in [0.15, 0.2) is 0 Å². The van der Waals surface area contributed by atoms with Crippen molar-refractivity contribution in [2.24, 2.45) is 17.0 Å². The maximum atomic E-state index is 13.5. The zero-order valence-electron chi connectivity index (χ0n) is 12.2. The zero-order chi connectivity index (χ0) is 14.5. The largest absolute Gasteiger partial charge is 0.411 e. The van der Waals surface area contributed by atoms with E-state index in [0.29, 0.717) is 11.8 Å². The molecule has 0 aliphatic heterocycles. The summed E-state index contributed by atoms with van der Waals surface area (Å²) in [6.07, 6.45) is 5.87. The van der Waals surface area contributed by atoms with E-state index in [0.717, 1.165) is 31.2 Å². The molecule has 0 radical (unpaired) electrons. The van der Waals surface area contributed by atoms with Gasteiger partial charge in [0, 0.05) is 12.3 Å². The van der Waals surface area contributed by atoms with E-state index in [9.17, 15) is 4.39 Å². The summed E-state index contributed by atoms with van der Waals surface area (Å²) in [5.41, 5.74) is 1.05. The summed E-state index contributed by atoms with van der Waals surface area (Å²) in [6, 6.07) is 7.18. The van der Waals surface area contributed by atoms with E-state index >= 15 is 0 Å². The van der Waals surface area contributed by atoms with Crippen LogP contribution in [0.1, 0.15) is 37.3 Å². The fourth-order valence-corrected chi connectivity index (χ4v) is 3.39. The maximum Gasteiger partial charge on any atom is 0.123 e.